The van der Waals surface area contributed by atoms with Crippen molar-refractivity contribution in [2.75, 3.05) is 4.90 Å². The number of fused-ring (bicyclic) bond motifs is 1. The molecule has 6 heteroatoms. The highest BCUT2D eigenvalue weighted by atomic mass is 35.5. The third-order valence-electron chi connectivity index (χ3n) is 4.77. The number of nitrogens with zero attached hydrogens (tertiary/aromatic N) is 2. The molecule has 0 radical (unpaired) electrons. The molecule has 1 amide bonds. The second kappa shape index (κ2) is 6.97. The zero-order chi connectivity index (χ0) is 19.1. The summed E-state index contributed by atoms with van der Waals surface area (Å²) in [6.45, 7) is 1.97. The van der Waals surface area contributed by atoms with Crippen molar-refractivity contribution in [2.24, 2.45) is 0 Å². The van der Waals surface area contributed by atoms with E-state index in [9.17, 15) is 9.90 Å². The number of rotatable bonds is 3. The predicted molar refractivity (Wildman–Crippen MR) is 107 cm³/mol. The molecule has 0 spiro atoms. The fourth-order valence-corrected chi connectivity index (χ4v) is 4.01. The molecule has 1 aromatic heterocycles. The molecular weight excluding hydrogens is 383 g/mol. The summed E-state index contributed by atoms with van der Waals surface area (Å²) in [6, 6.07) is 14.6. The minimum atomic E-state index is -0.237. The summed E-state index contributed by atoms with van der Waals surface area (Å²) in [5.41, 5.74) is 4.54. The Morgan fingerprint density at radius 3 is 2.52 bits per heavy atom. The smallest absolute Gasteiger partial charge is 0.261 e. The van der Waals surface area contributed by atoms with Crippen molar-refractivity contribution < 1.29 is 9.90 Å². The van der Waals surface area contributed by atoms with E-state index in [0.29, 0.717) is 50.2 Å². The number of hydrogen-bond acceptors (Lipinski definition) is 3. The molecule has 2 heterocycles. The van der Waals surface area contributed by atoms with Crippen LogP contribution in [0.15, 0.2) is 48.5 Å². The Hall–Kier alpha value is -2.40. The largest absolute Gasteiger partial charge is 0.392 e. The number of para-hydroxylation sites is 1. The van der Waals surface area contributed by atoms with E-state index in [-0.39, 0.29) is 12.5 Å². The molecule has 0 atom stereocenters. The lowest BCUT2D eigenvalue weighted by molar-refractivity contribution is 0.0997. The number of aliphatic hydroxyl groups is 1. The van der Waals surface area contributed by atoms with E-state index >= 15 is 0 Å². The van der Waals surface area contributed by atoms with Gasteiger partial charge in [0.1, 0.15) is 0 Å². The Labute approximate surface area is 167 Å². The van der Waals surface area contributed by atoms with Crippen LogP contribution in [0.5, 0.6) is 0 Å². The summed E-state index contributed by atoms with van der Waals surface area (Å²) >= 11 is 12.5. The molecule has 27 heavy (non-hydrogen) atoms. The van der Waals surface area contributed by atoms with E-state index in [2.05, 4.69) is 4.98 Å². The number of carbonyl (C=O) groups excluding carboxylic acids is 1. The van der Waals surface area contributed by atoms with Crippen LogP contribution in [0.4, 0.5) is 5.69 Å². The molecule has 0 unspecified atom stereocenters. The number of halogens is 2. The molecule has 3 aromatic rings. The Balaban J connectivity index is 1.95. The molecular formula is C21H16Cl2N2O2. The van der Waals surface area contributed by atoms with E-state index in [1.165, 1.54) is 0 Å². The average molecular weight is 399 g/mol. The van der Waals surface area contributed by atoms with Gasteiger partial charge in [-0.3, -0.25) is 9.78 Å². The third-order valence-corrected chi connectivity index (χ3v) is 5.32. The summed E-state index contributed by atoms with van der Waals surface area (Å²) in [4.78, 5) is 19.6. The Kier molecular flexibility index (Phi) is 4.64. The zero-order valence-corrected chi connectivity index (χ0v) is 16.1. The van der Waals surface area contributed by atoms with Gasteiger partial charge in [-0.05, 0) is 31.2 Å². The fourth-order valence-electron chi connectivity index (χ4n) is 3.50. The minimum absolute atomic E-state index is 0.153. The number of aliphatic hydroxyl groups excluding tert-OH is 1. The van der Waals surface area contributed by atoms with E-state index in [1.54, 1.807) is 23.1 Å². The number of aryl methyl sites for hydroxylation is 1. The van der Waals surface area contributed by atoms with Crippen molar-refractivity contribution in [3.63, 3.8) is 0 Å². The van der Waals surface area contributed by atoms with Crippen molar-refractivity contribution in [1.29, 1.82) is 0 Å². The number of anilines is 1. The Morgan fingerprint density at radius 2 is 1.85 bits per heavy atom. The van der Waals surface area contributed by atoms with Crippen LogP contribution < -0.4 is 4.90 Å². The highest BCUT2D eigenvalue weighted by Gasteiger charge is 2.35. The summed E-state index contributed by atoms with van der Waals surface area (Å²) in [6.07, 6.45) is 0. The number of hydrogen-bond donors (Lipinski definition) is 1. The van der Waals surface area contributed by atoms with Crippen molar-refractivity contribution in [3.8, 4) is 11.1 Å². The van der Waals surface area contributed by atoms with Crippen LogP contribution in [-0.2, 0) is 13.2 Å². The van der Waals surface area contributed by atoms with Gasteiger partial charge in [-0.25, -0.2) is 0 Å². The highest BCUT2D eigenvalue weighted by molar-refractivity contribution is 6.36. The second-order valence-corrected chi connectivity index (χ2v) is 7.23. The van der Waals surface area contributed by atoms with E-state index in [0.717, 1.165) is 5.69 Å². The maximum atomic E-state index is 13.3. The molecule has 1 aliphatic rings. The van der Waals surface area contributed by atoms with Crippen LogP contribution in [0.1, 0.15) is 27.3 Å². The molecule has 136 valence electrons. The lowest BCUT2D eigenvalue weighted by atomic mass is 9.93. The number of amides is 1. The van der Waals surface area contributed by atoms with Gasteiger partial charge in [0.15, 0.2) is 0 Å². The third kappa shape index (κ3) is 3.00. The first kappa shape index (κ1) is 18.0. The van der Waals surface area contributed by atoms with Crippen molar-refractivity contribution >= 4 is 34.8 Å². The van der Waals surface area contributed by atoms with Gasteiger partial charge in [0.05, 0.1) is 24.4 Å². The van der Waals surface area contributed by atoms with Crippen LogP contribution in [-0.4, -0.2) is 16.0 Å². The fraction of sp³-hybridized carbons (Fsp3) is 0.143. The first-order valence-electron chi connectivity index (χ1n) is 8.46. The standard InChI is InChI=1S/C21H16Cl2N2O2/c1-12-16(11-26)19(15-8-7-13(22)9-17(15)23)20-18(24-12)10-25(21(20)27)14-5-3-2-4-6-14/h2-9,26H,10-11H2,1H3. The molecule has 4 rings (SSSR count). The van der Waals surface area contributed by atoms with E-state index in [1.807, 2.05) is 37.3 Å². The summed E-state index contributed by atoms with van der Waals surface area (Å²) < 4.78 is 0. The minimum Gasteiger partial charge on any atom is -0.392 e. The Morgan fingerprint density at radius 1 is 1.11 bits per heavy atom. The van der Waals surface area contributed by atoms with Gasteiger partial charge >= 0.3 is 0 Å². The molecule has 0 saturated carbocycles. The SMILES string of the molecule is Cc1nc2c(c(-c3ccc(Cl)cc3Cl)c1CO)C(=O)N(c1ccccc1)C2. The van der Waals surface area contributed by atoms with Crippen molar-refractivity contribution in [3.05, 3.63) is 81.1 Å². The molecule has 1 aliphatic heterocycles. The van der Waals surface area contributed by atoms with Gasteiger partial charge in [-0.15, -0.1) is 0 Å². The number of benzene rings is 2. The Bertz CT molecular complexity index is 1050. The van der Waals surface area contributed by atoms with Crippen LogP contribution in [0, 0.1) is 6.92 Å². The monoisotopic (exact) mass is 398 g/mol. The van der Waals surface area contributed by atoms with Crippen LogP contribution in [0.3, 0.4) is 0 Å². The van der Waals surface area contributed by atoms with Gasteiger partial charge in [-0.2, -0.15) is 0 Å². The van der Waals surface area contributed by atoms with E-state index in [4.69, 9.17) is 23.2 Å². The highest BCUT2D eigenvalue weighted by Crippen LogP contribution is 2.40. The number of carbonyl (C=O) groups is 1. The topological polar surface area (TPSA) is 53.4 Å². The number of aromatic nitrogens is 1. The molecule has 0 bridgehead atoms. The second-order valence-electron chi connectivity index (χ2n) is 6.38. The zero-order valence-electron chi connectivity index (χ0n) is 14.5. The maximum absolute atomic E-state index is 13.3. The lowest BCUT2D eigenvalue weighted by Crippen LogP contribution is -2.23. The normalized spacial score (nSPS) is 13.2. The maximum Gasteiger partial charge on any atom is 0.261 e. The molecule has 2 aromatic carbocycles. The molecule has 0 aliphatic carbocycles. The van der Waals surface area contributed by atoms with Crippen LogP contribution in [0.25, 0.3) is 11.1 Å². The summed E-state index contributed by atoms with van der Waals surface area (Å²) in [5.74, 6) is -0.153. The number of pyridine rings is 1. The predicted octanol–water partition coefficient (Wildman–Crippen LogP) is 5.02. The summed E-state index contributed by atoms with van der Waals surface area (Å²) in [7, 11) is 0. The first-order chi connectivity index (χ1) is 13.0. The lowest BCUT2D eigenvalue weighted by Gasteiger charge is -2.17. The van der Waals surface area contributed by atoms with E-state index < -0.39 is 0 Å². The van der Waals surface area contributed by atoms with Gasteiger partial charge in [0.25, 0.3) is 5.91 Å². The molecule has 0 fully saturated rings. The van der Waals surface area contributed by atoms with Crippen LogP contribution in [0.2, 0.25) is 10.0 Å². The van der Waals surface area contributed by atoms with Crippen molar-refractivity contribution in [2.45, 2.75) is 20.1 Å². The van der Waals surface area contributed by atoms with Gasteiger partial charge in [-0.1, -0.05) is 47.5 Å². The van der Waals surface area contributed by atoms with Gasteiger partial charge in [0, 0.05) is 38.1 Å². The quantitative estimate of drug-likeness (QED) is 0.673. The average Bonchev–Trinajstić information content (AvgIpc) is 2.98. The molecule has 0 saturated heterocycles. The van der Waals surface area contributed by atoms with Crippen LogP contribution >= 0.6 is 23.2 Å². The summed E-state index contributed by atoms with van der Waals surface area (Å²) in [5, 5.41) is 10.9. The molecule has 1 N–H and O–H groups in total. The first-order valence-corrected chi connectivity index (χ1v) is 9.22. The van der Waals surface area contributed by atoms with Gasteiger partial charge < -0.3 is 10.0 Å². The van der Waals surface area contributed by atoms with Crippen molar-refractivity contribution in [1.82, 2.24) is 4.98 Å². The van der Waals surface area contributed by atoms with Gasteiger partial charge in [0.2, 0.25) is 0 Å². The molecule has 4 nitrogen and oxygen atoms in total.